The molecule has 2 aromatic heterocycles. The zero-order valence-corrected chi connectivity index (χ0v) is 15.1. The van der Waals surface area contributed by atoms with Crippen LogP contribution in [-0.2, 0) is 9.53 Å². The fourth-order valence-corrected chi connectivity index (χ4v) is 2.27. The summed E-state index contributed by atoms with van der Waals surface area (Å²) in [6.07, 6.45) is 0.619. The number of esters is 1. The summed E-state index contributed by atoms with van der Waals surface area (Å²) in [5.74, 6) is -0.507. The minimum absolute atomic E-state index is 0.113. The number of ether oxygens (including phenoxy) is 1. The molecule has 8 heteroatoms. The van der Waals surface area contributed by atoms with Crippen molar-refractivity contribution in [2.45, 2.75) is 32.9 Å². The van der Waals surface area contributed by atoms with E-state index in [0.29, 0.717) is 5.89 Å². The Labute approximate surface area is 155 Å². The number of furan rings is 1. The van der Waals surface area contributed by atoms with Gasteiger partial charge in [0.15, 0.2) is 11.9 Å². The quantitative estimate of drug-likeness (QED) is 0.665. The molecule has 2 atom stereocenters. The van der Waals surface area contributed by atoms with Crippen molar-refractivity contribution in [2.75, 3.05) is 0 Å². The lowest BCUT2D eigenvalue weighted by Gasteiger charge is -2.15. The molecule has 0 spiro atoms. The Morgan fingerprint density at radius 3 is 2.52 bits per heavy atom. The predicted molar refractivity (Wildman–Crippen MR) is 94.6 cm³/mol. The number of amides is 1. The van der Waals surface area contributed by atoms with Crippen molar-refractivity contribution in [1.29, 1.82) is 0 Å². The first-order valence-corrected chi connectivity index (χ1v) is 8.39. The summed E-state index contributed by atoms with van der Waals surface area (Å²) < 4.78 is 15.9. The fourth-order valence-electron chi connectivity index (χ4n) is 2.27. The third kappa shape index (κ3) is 4.41. The normalized spacial score (nSPS) is 13.0. The summed E-state index contributed by atoms with van der Waals surface area (Å²) in [6.45, 7) is 5.11. The Kier molecular flexibility index (Phi) is 5.35. The van der Waals surface area contributed by atoms with E-state index in [9.17, 15) is 9.59 Å². The number of aromatic nitrogens is 2. The standard InChI is InChI=1S/C19H19N3O5/c1-11-6-8-14(9-7-11)18-22-21-17(27-18)13(3)26-19(24)12(2)20-16(23)15-5-4-10-25-15/h4-10,12-13H,1-3H3,(H,20,23)/t12-,13-/m0/s1. The first kappa shape index (κ1) is 18.4. The lowest BCUT2D eigenvalue weighted by atomic mass is 10.1. The monoisotopic (exact) mass is 369 g/mol. The summed E-state index contributed by atoms with van der Waals surface area (Å²) in [5.41, 5.74) is 1.89. The summed E-state index contributed by atoms with van der Waals surface area (Å²) in [6, 6.07) is 9.83. The van der Waals surface area contributed by atoms with Gasteiger partial charge >= 0.3 is 5.97 Å². The van der Waals surface area contributed by atoms with E-state index in [2.05, 4.69) is 15.5 Å². The molecule has 140 valence electrons. The second-order valence-corrected chi connectivity index (χ2v) is 6.06. The minimum Gasteiger partial charge on any atom is -0.459 e. The first-order chi connectivity index (χ1) is 12.9. The summed E-state index contributed by atoms with van der Waals surface area (Å²) in [5, 5.41) is 10.4. The Morgan fingerprint density at radius 1 is 1.11 bits per heavy atom. The molecule has 2 heterocycles. The molecule has 0 unspecified atom stereocenters. The van der Waals surface area contributed by atoms with Crippen molar-refractivity contribution < 1.29 is 23.2 Å². The molecule has 0 fully saturated rings. The molecule has 3 rings (SSSR count). The number of benzene rings is 1. The molecule has 8 nitrogen and oxygen atoms in total. The largest absolute Gasteiger partial charge is 0.459 e. The van der Waals surface area contributed by atoms with Crippen molar-refractivity contribution in [3.63, 3.8) is 0 Å². The second kappa shape index (κ2) is 7.86. The smallest absolute Gasteiger partial charge is 0.329 e. The maximum atomic E-state index is 12.2. The van der Waals surface area contributed by atoms with Crippen LogP contribution in [0.15, 0.2) is 51.5 Å². The topological polar surface area (TPSA) is 107 Å². The molecule has 0 bridgehead atoms. The van der Waals surface area contributed by atoms with E-state index < -0.39 is 24.0 Å². The highest BCUT2D eigenvalue weighted by atomic mass is 16.6. The van der Waals surface area contributed by atoms with Gasteiger partial charge in [-0.1, -0.05) is 17.7 Å². The van der Waals surface area contributed by atoms with Crippen molar-refractivity contribution in [2.24, 2.45) is 0 Å². The maximum Gasteiger partial charge on any atom is 0.329 e. The van der Waals surface area contributed by atoms with Gasteiger partial charge in [-0.3, -0.25) is 4.79 Å². The number of nitrogens with zero attached hydrogens (tertiary/aromatic N) is 2. The van der Waals surface area contributed by atoms with Gasteiger partial charge < -0.3 is 18.9 Å². The maximum absolute atomic E-state index is 12.2. The highest BCUT2D eigenvalue weighted by Gasteiger charge is 2.24. The van der Waals surface area contributed by atoms with Crippen molar-refractivity contribution in [3.8, 4) is 11.5 Å². The molecule has 0 aliphatic heterocycles. The van der Waals surface area contributed by atoms with Crippen LogP contribution in [0.4, 0.5) is 0 Å². The molecular formula is C19H19N3O5. The van der Waals surface area contributed by atoms with Crippen LogP contribution >= 0.6 is 0 Å². The van der Waals surface area contributed by atoms with E-state index in [1.54, 1.807) is 13.0 Å². The van der Waals surface area contributed by atoms with E-state index in [4.69, 9.17) is 13.6 Å². The molecule has 1 amide bonds. The third-order valence-electron chi connectivity index (χ3n) is 3.83. The van der Waals surface area contributed by atoms with Gasteiger partial charge in [-0.15, -0.1) is 10.2 Å². The van der Waals surface area contributed by atoms with E-state index >= 15 is 0 Å². The molecule has 0 aliphatic carbocycles. The summed E-state index contributed by atoms with van der Waals surface area (Å²) in [4.78, 5) is 24.1. The number of hydrogen-bond donors (Lipinski definition) is 1. The second-order valence-electron chi connectivity index (χ2n) is 6.06. The van der Waals surface area contributed by atoms with Crippen molar-refractivity contribution in [1.82, 2.24) is 15.5 Å². The van der Waals surface area contributed by atoms with E-state index in [1.165, 1.54) is 19.3 Å². The lowest BCUT2D eigenvalue weighted by Crippen LogP contribution is -2.39. The predicted octanol–water partition coefficient (Wildman–Crippen LogP) is 3.06. The number of aryl methyl sites for hydroxylation is 1. The number of nitrogens with one attached hydrogen (secondary N) is 1. The van der Waals surface area contributed by atoms with Gasteiger partial charge in [0, 0.05) is 5.56 Å². The number of hydrogen-bond acceptors (Lipinski definition) is 7. The first-order valence-electron chi connectivity index (χ1n) is 8.39. The zero-order chi connectivity index (χ0) is 19.4. The van der Waals surface area contributed by atoms with Crippen LogP contribution in [0, 0.1) is 6.92 Å². The van der Waals surface area contributed by atoms with Crippen LogP contribution in [0.1, 0.15) is 42.0 Å². The average molecular weight is 369 g/mol. The Morgan fingerprint density at radius 2 is 1.85 bits per heavy atom. The average Bonchev–Trinajstić information content (AvgIpc) is 3.34. The molecule has 0 saturated heterocycles. The van der Waals surface area contributed by atoms with Gasteiger partial charge in [-0.2, -0.15) is 0 Å². The molecule has 1 aromatic carbocycles. The number of carbonyl (C=O) groups excluding carboxylic acids is 2. The fraction of sp³-hybridized carbons (Fsp3) is 0.263. The van der Waals surface area contributed by atoms with Crippen LogP contribution in [0.25, 0.3) is 11.5 Å². The van der Waals surface area contributed by atoms with Gasteiger partial charge in [0.25, 0.3) is 11.8 Å². The molecule has 0 saturated carbocycles. The van der Waals surface area contributed by atoms with Crippen LogP contribution < -0.4 is 5.32 Å². The third-order valence-corrected chi connectivity index (χ3v) is 3.83. The molecule has 27 heavy (non-hydrogen) atoms. The molecular weight excluding hydrogens is 350 g/mol. The molecule has 0 aliphatic rings. The van der Waals surface area contributed by atoms with Crippen LogP contribution in [0.2, 0.25) is 0 Å². The SMILES string of the molecule is Cc1ccc(-c2nnc([C@H](C)OC(=O)[C@H](C)NC(=O)c3ccco3)o2)cc1. The van der Waals surface area contributed by atoms with Gasteiger partial charge in [-0.25, -0.2) is 4.79 Å². The van der Waals surface area contributed by atoms with Crippen LogP contribution in [-0.4, -0.2) is 28.1 Å². The van der Waals surface area contributed by atoms with Crippen LogP contribution in [0.3, 0.4) is 0 Å². The highest BCUT2D eigenvalue weighted by molar-refractivity contribution is 5.94. The van der Waals surface area contributed by atoms with E-state index in [0.717, 1.165) is 11.1 Å². The molecule has 3 aromatic rings. The number of carbonyl (C=O) groups is 2. The zero-order valence-electron chi connectivity index (χ0n) is 15.1. The van der Waals surface area contributed by atoms with Gasteiger partial charge in [0.05, 0.1) is 6.26 Å². The van der Waals surface area contributed by atoms with Gasteiger partial charge in [0.1, 0.15) is 6.04 Å². The lowest BCUT2D eigenvalue weighted by molar-refractivity contribution is -0.151. The van der Waals surface area contributed by atoms with Gasteiger partial charge in [-0.05, 0) is 45.0 Å². The summed E-state index contributed by atoms with van der Waals surface area (Å²) in [7, 11) is 0. The Bertz CT molecular complexity index is 915. The number of rotatable bonds is 6. The highest BCUT2D eigenvalue weighted by Crippen LogP contribution is 2.22. The van der Waals surface area contributed by atoms with Crippen LogP contribution in [0.5, 0.6) is 0 Å². The van der Waals surface area contributed by atoms with E-state index in [-0.39, 0.29) is 11.7 Å². The summed E-state index contributed by atoms with van der Waals surface area (Å²) >= 11 is 0. The molecule has 0 radical (unpaired) electrons. The Balaban J connectivity index is 1.59. The van der Waals surface area contributed by atoms with Crippen molar-refractivity contribution >= 4 is 11.9 Å². The van der Waals surface area contributed by atoms with Gasteiger partial charge in [0.2, 0.25) is 5.89 Å². The van der Waals surface area contributed by atoms with E-state index in [1.807, 2.05) is 31.2 Å². The Hall–Kier alpha value is -3.42. The minimum atomic E-state index is -0.871. The van der Waals surface area contributed by atoms with Crippen molar-refractivity contribution in [3.05, 3.63) is 59.9 Å². The molecule has 1 N–H and O–H groups in total.